The summed E-state index contributed by atoms with van der Waals surface area (Å²) in [5.41, 5.74) is 2.20. The second-order valence-electron chi connectivity index (χ2n) is 6.51. The van der Waals surface area contributed by atoms with Crippen LogP contribution < -0.4 is 10.4 Å². The zero-order valence-corrected chi connectivity index (χ0v) is 14.8. The lowest BCUT2D eigenvalue weighted by atomic mass is 10.0. The van der Waals surface area contributed by atoms with Crippen molar-refractivity contribution in [3.8, 4) is 29.3 Å². The third-order valence-corrected chi connectivity index (χ3v) is 4.66. The van der Waals surface area contributed by atoms with Crippen molar-refractivity contribution in [3.63, 3.8) is 0 Å². The topological polar surface area (TPSA) is 104 Å². The van der Waals surface area contributed by atoms with Gasteiger partial charge in [-0.15, -0.1) is 0 Å². The van der Waals surface area contributed by atoms with Gasteiger partial charge in [-0.05, 0) is 55.0 Å². The van der Waals surface area contributed by atoms with Crippen molar-refractivity contribution in [2.75, 3.05) is 0 Å². The van der Waals surface area contributed by atoms with Gasteiger partial charge in [-0.2, -0.15) is 5.26 Å². The zero-order chi connectivity index (χ0) is 19.0. The Hall–Kier alpha value is -3.53. The molecule has 0 atom stereocenters. The number of benzene rings is 1. The summed E-state index contributed by atoms with van der Waals surface area (Å²) in [6, 6.07) is 10.9. The van der Waals surface area contributed by atoms with Gasteiger partial charge in [-0.1, -0.05) is 6.92 Å². The standard InChI is InChI=1S/C20H18N4O3/c1-2-17-19(25)24(20(26)23-17)14-6-8-18(22-11-14)27-15-7-5-13(10-21)16(9-15)12-3-4-12/h5-9,11-12,25H,2-4H2,1H3,(H,23,26). The molecule has 2 heterocycles. The summed E-state index contributed by atoms with van der Waals surface area (Å²) < 4.78 is 6.97. The number of nitrogens with zero attached hydrogens (tertiary/aromatic N) is 3. The van der Waals surface area contributed by atoms with Crippen molar-refractivity contribution >= 4 is 0 Å². The van der Waals surface area contributed by atoms with Crippen molar-refractivity contribution in [1.82, 2.24) is 14.5 Å². The molecule has 4 rings (SSSR count). The highest BCUT2D eigenvalue weighted by Crippen LogP contribution is 2.43. The fraction of sp³-hybridized carbons (Fsp3) is 0.250. The van der Waals surface area contributed by atoms with Crippen LogP contribution in [0.15, 0.2) is 41.3 Å². The van der Waals surface area contributed by atoms with Gasteiger partial charge < -0.3 is 14.8 Å². The maximum atomic E-state index is 12.0. The van der Waals surface area contributed by atoms with Crippen LogP contribution in [-0.4, -0.2) is 19.6 Å². The smallest absolute Gasteiger partial charge is 0.333 e. The van der Waals surface area contributed by atoms with E-state index in [1.54, 1.807) is 24.3 Å². The Kier molecular flexibility index (Phi) is 4.16. The van der Waals surface area contributed by atoms with Crippen LogP contribution >= 0.6 is 0 Å². The highest BCUT2D eigenvalue weighted by molar-refractivity contribution is 5.47. The van der Waals surface area contributed by atoms with E-state index in [9.17, 15) is 15.2 Å². The molecule has 1 fully saturated rings. The van der Waals surface area contributed by atoms with Crippen LogP contribution in [0.5, 0.6) is 17.5 Å². The molecule has 1 aliphatic carbocycles. The summed E-state index contributed by atoms with van der Waals surface area (Å²) in [6.45, 7) is 1.85. The average molecular weight is 362 g/mol. The lowest BCUT2D eigenvalue weighted by Gasteiger charge is -2.09. The minimum atomic E-state index is -0.416. The van der Waals surface area contributed by atoms with E-state index in [2.05, 4.69) is 16.0 Å². The normalized spacial score (nSPS) is 13.3. The molecule has 1 aliphatic rings. The summed E-state index contributed by atoms with van der Waals surface area (Å²) in [6.07, 6.45) is 4.18. The quantitative estimate of drug-likeness (QED) is 0.724. The molecule has 27 heavy (non-hydrogen) atoms. The summed E-state index contributed by atoms with van der Waals surface area (Å²) in [4.78, 5) is 18.9. The van der Waals surface area contributed by atoms with Crippen LogP contribution in [0.25, 0.3) is 5.69 Å². The molecule has 2 N–H and O–H groups in total. The fourth-order valence-corrected chi connectivity index (χ4v) is 3.08. The van der Waals surface area contributed by atoms with E-state index in [-0.39, 0.29) is 5.88 Å². The highest BCUT2D eigenvalue weighted by Gasteiger charge is 2.26. The fourth-order valence-electron chi connectivity index (χ4n) is 3.08. The van der Waals surface area contributed by atoms with Crippen molar-refractivity contribution < 1.29 is 9.84 Å². The molecule has 0 bridgehead atoms. The predicted octanol–water partition coefficient (Wildman–Crippen LogP) is 3.37. The Morgan fingerprint density at radius 3 is 2.78 bits per heavy atom. The summed E-state index contributed by atoms with van der Waals surface area (Å²) >= 11 is 0. The molecule has 0 saturated heterocycles. The van der Waals surface area contributed by atoms with Crippen LogP contribution in [0.1, 0.15) is 42.5 Å². The van der Waals surface area contributed by atoms with E-state index in [1.165, 1.54) is 10.8 Å². The number of aryl methyl sites for hydroxylation is 1. The summed E-state index contributed by atoms with van der Waals surface area (Å²) in [7, 11) is 0. The van der Waals surface area contributed by atoms with Gasteiger partial charge in [-0.25, -0.2) is 14.3 Å². The molecular weight excluding hydrogens is 344 g/mol. The Bertz CT molecular complexity index is 1090. The van der Waals surface area contributed by atoms with Gasteiger partial charge in [0.25, 0.3) is 0 Å². The lowest BCUT2D eigenvalue weighted by Crippen LogP contribution is -2.14. The molecule has 0 radical (unpaired) electrons. The Morgan fingerprint density at radius 2 is 2.19 bits per heavy atom. The molecule has 1 saturated carbocycles. The van der Waals surface area contributed by atoms with Gasteiger partial charge in [0.1, 0.15) is 5.75 Å². The van der Waals surface area contributed by atoms with E-state index in [4.69, 9.17) is 4.74 Å². The first-order chi connectivity index (χ1) is 13.1. The first-order valence-electron chi connectivity index (χ1n) is 8.82. The van der Waals surface area contributed by atoms with Gasteiger partial charge in [0, 0.05) is 6.07 Å². The Labute approximate surface area is 155 Å². The third-order valence-electron chi connectivity index (χ3n) is 4.66. The van der Waals surface area contributed by atoms with Gasteiger partial charge >= 0.3 is 5.69 Å². The largest absolute Gasteiger partial charge is 0.493 e. The lowest BCUT2D eigenvalue weighted by molar-refractivity contribution is 0.434. The zero-order valence-electron chi connectivity index (χ0n) is 14.8. The number of pyridine rings is 1. The maximum absolute atomic E-state index is 12.0. The molecule has 0 amide bonds. The predicted molar refractivity (Wildman–Crippen MR) is 98.4 cm³/mol. The minimum absolute atomic E-state index is 0.112. The van der Waals surface area contributed by atoms with Crippen molar-refractivity contribution in [2.24, 2.45) is 0 Å². The van der Waals surface area contributed by atoms with E-state index >= 15 is 0 Å². The number of rotatable bonds is 5. The third kappa shape index (κ3) is 3.17. The molecule has 1 aromatic carbocycles. The number of nitrogens with one attached hydrogen (secondary N) is 1. The first-order valence-corrected chi connectivity index (χ1v) is 8.82. The van der Waals surface area contributed by atoms with Crippen LogP contribution in [-0.2, 0) is 6.42 Å². The molecule has 7 heteroatoms. The van der Waals surface area contributed by atoms with Gasteiger partial charge in [0.2, 0.25) is 11.8 Å². The van der Waals surface area contributed by atoms with Gasteiger partial charge in [0.15, 0.2) is 0 Å². The van der Waals surface area contributed by atoms with Crippen LogP contribution in [0.3, 0.4) is 0 Å². The SMILES string of the molecule is CCc1[nH]c(=O)n(-c2ccc(Oc3ccc(C#N)c(C4CC4)c3)nc2)c1O. The van der Waals surface area contributed by atoms with Crippen molar-refractivity contribution in [1.29, 1.82) is 5.26 Å². The molecule has 7 nitrogen and oxygen atoms in total. The molecule has 136 valence electrons. The van der Waals surface area contributed by atoms with Gasteiger partial charge in [-0.3, -0.25) is 0 Å². The number of H-pyrrole nitrogens is 1. The molecule has 0 aliphatic heterocycles. The monoisotopic (exact) mass is 362 g/mol. The van der Waals surface area contributed by atoms with Crippen LogP contribution in [0, 0.1) is 11.3 Å². The first kappa shape index (κ1) is 16.9. The minimum Gasteiger partial charge on any atom is -0.493 e. The number of ether oxygens (including phenoxy) is 1. The summed E-state index contributed by atoms with van der Waals surface area (Å²) in [5.74, 6) is 1.31. The number of aromatic hydroxyl groups is 1. The number of aromatic nitrogens is 3. The number of imidazole rings is 1. The Morgan fingerprint density at radius 1 is 1.37 bits per heavy atom. The van der Waals surface area contributed by atoms with E-state index in [0.29, 0.717) is 40.9 Å². The number of hydrogen-bond acceptors (Lipinski definition) is 5. The second kappa shape index (κ2) is 6.65. The number of aromatic amines is 1. The summed E-state index contributed by atoms with van der Waals surface area (Å²) in [5, 5.41) is 19.4. The van der Waals surface area contributed by atoms with E-state index in [0.717, 1.165) is 18.4 Å². The van der Waals surface area contributed by atoms with Crippen molar-refractivity contribution in [2.45, 2.75) is 32.1 Å². The molecule has 0 unspecified atom stereocenters. The maximum Gasteiger partial charge on any atom is 0.333 e. The molecule has 0 spiro atoms. The van der Waals surface area contributed by atoms with Crippen LogP contribution in [0.2, 0.25) is 0 Å². The molecular formula is C20H18N4O3. The van der Waals surface area contributed by atoms with E-state index < -0.39 is 5.69 Å². The second-order valence-corrected chi connectivity index (χ2v) is 6.51. The molecule has 3 aromatic rings. The number of hydrogen-bond donors (Lipinski definition) is 2. The Balaban J connectivity index is 1.59. The highest BCUT2D eigenvalue weighted by atomic mass is 16.5. The number of nitriles is 1. The van der Waals surface area contributed by atoms with E-state index in [1.807, 2.05) is 13.0 Å². The van der Waals surface area contributed by atoms with Crippen molar-refractivity contribution in [3.05, 3.63) is 63.8 Å². The van der Waals surface area contributed by atoms with Crippen LogP contribution in [0.4, 0.5) is 0 Å². The van der Waals surface area contributed by atoms with Gasteiger partial charge in [0.05, 0.1) is 29.2 Å². The average Bonchev–Trinajstić information content (AvgIpc) is 3.48. The molecule has 2 aromatic heterocycles.